The molecule has 0 bridgehead atoms. The maximum atomic E-state index is 15.0. The summed E-state index contributed by atoms with van der Waals surface area (Å²) < 4.78 is 72.3. The molecule has 2 nitrogen and oxygen atoms in total. The molecule has 0 radical (unpaired) electrons. The summed E-state index contributed by atoms with van der Waals surface area (Å²) in [4.78, 5) is 12.4. The quantitative estimate of drug-likeness (QED) is 0.150. The summed E-state index contributed by atoms with van der Waals surface area (Å²) in [5.74, 6) is -4.04. The van der Waals surface area contributed by atoms with Crippen LogP contribution < -0.4 is 0 Å². The molecule has 1 N–H and O–H groups in total. The minimum Gasteiger partial charge on any atom is -0.383 e. The lowest BCUT2D eigenvalue weighted by Gasteiger charge is -2.62. The number of thioether (sulfide) groups is 1. The van der Waals surface area contributed by atoms with E-state index in [9.17, 15) is 31.9 Å². The van der Waals surface area contributed by atoms with E-state index in [1.807, 2.05) is 17.8 Å². The Labute approximate surface area is 255 Å². The summed E-state index contributed by atoms with van der Waals surface area (Å²) in [6.07, 6.45) is 5.83. The van der Waals surface area contributed by atoms with E-state index in [1.165, 1.54) is 30.4 Å². The summed E-state index contributed by atoms with van der Waals surface area (Å²) in [6, 6.07) is 4.22. The molecule has 1 heterocycles. The van der Waals surface area contributed by atoms with Crippen LogP contribution in [0.4, 0.5) is 22.0 Å². The fraction of sp³-hybridized carbons (Fsp3) is 0.788. The largest absolute Gasteiger partial charge is 0.456 e. The molecular formula is C33H45F5O2S2. The number of carbonyl (C=O) groups excluding carboxylic acids is 1. The van der Waals surface area contributed by atoms with Crippen molar-refractivity contribution < 1.29 is 31.9 Å². The predicted octanol–water partition coefficient (Wildman–Crippen LogP) is 10.3. The Morgan fingerprint density at radius 2 is 1.67 bits per heavy atom. The molecule has 1 aromatic rings. The zero-order valence-electron chi connectivity index (χ0n) is 24.8. The molecule has 236 valence electrons. The van der Waals surface area contributed by atoms with Gasteiger partial charge in [-0.2, -0.15) is 22.0 Å². The Kier molecular flexibility index (Phi) is 9.36. The average Bonchev–Trinajstić information content (AvgIpc) is 3.54. The molecule has 4 aliphatic rings. The van der Waals surface area contributed by atoms with Gasteiger partial charge in [0.05, 0.1) is 4.21 Å². The van der Waals surface area contributed by atoms with Crippen molar-refractivity contribution in [3.05, 3.63) is 29.2 Å². The van der Waals surface area contributed by atoms with Crippen molar-refractivity contribution in [3.63, 3.8) is 0 Å². The van der Waals surface area contributed by atoms with Crippen LogP contribution in [0.3, 0.4) is 0 Å². The smallest absolute Gasteiger partial charge is 0.383 e. The third kappa shape index (κ3) is 5.54. The van der Waals surface area contributed by atoms with Crippen LogP contribution in [0.25, 0.3) is 0 Å². The van der Waals surface area contributed by atoms with Crippen LogP contribution in [0.5, 0.6) is 0 Å². The van der Waals surface area contributed by atoms with Crippen LogP contribution in [0, 0.1) is 34.5 Å². The third-order valence-corrected chi connectivity index (χ3v) is 14.1. The van der Waals surface area contributed by atoms with Gasteiger partial charge in [0.15, 0.2) is 5.78 Å². The Bertz CT molecular complexity index is 1130. The molecule has 4 aliphatic carbocycles. The highest BCUT2D eigenvalue weighted by molar-refractivity contribution is 8.01. The number of carbonyl (C=O) groups is 1. The van der Waals surface area contributed by atoms with Gasteiger partial charge in [-0.1, -0.05) is 57.6 Å². The molecule has 42 heavy (non-hydrogen) atoms. The molecule has 1 aromatic heterocycles. The second-order valence-corrected chi connectivity index (χ2v) is 16.3. The maximum Gasteiger partial charge on any atom is 0.456 e. The van der Waals surface area contributed by atoms with E-state index < -0.39 is 35.5 Å². The van der Waals surface area contributed by atoms with Crippen molar-refractivity contribution in [2.24, 2.45) is 34.5 Å². The number of hydrogen-bond acceptors (Lipinski definition) is 4. The highest BCUT2D eigenvalue weighted by Gasteiger charge is 2.79. The van der Waals surface area contributed by atoms with Crippen molar-refractivity contribution in [1.29, 1.82) is 0 Å². The number of ketones is 1. The van der Waals surface area contributed by atoms with E-state index in [0.717, 1.165) is 37.0 Å². The van der Waals surface area contributed by atoms with Crippen LogP contribution >= 0.6 is 23.1 Å². The van der Waals surface area contributed by atoms with E-state index >= 15 is 0 Å². The van der Waals surface area contributed by atoms with Crippen molar-refractivity contribution >= 4 is 28.9 Å². The van der Waals surface area contributed by atoms with E-state index in [4.69, 9.17) is 0 Å². The molecule has 0 spiro atoms. The molecule has 0 unspecified atom stereocenters. The molecule has 0 aliphatic heterocycles. The maximum absolute atomic E-state index is 15.0. The number of hydrogen-bond donors (Lipinski definition) is 1. The molecule has 0 saturated heterocycles. The van der Waals surface area contributed by atoms with Crippen LogP contribution in [0.1, 0.15) is 104 Å². The summed E-state index contributed by atoms with van der Waals surface area (Å²) in [7, 11) is 0. The minimum atomic E-state index is -5.79. The Hall–Kier alpha value is -0.930. The Balaban J connectivity index is 1.26. The van der Waals surface area contributed by atoms with Crippen molar-refractivity contribution in [3.8, 4) is 0 Å². The molecule has 0 amide bonds. The van der Waals surface area contributed by atoms with Gasteiger partial charge in [0, 0.05) is 11.8 Å². The van der Waals surface area contributed by atoms with Crippen LogP contribution in [0.2, 0.25) is 0 Å². The van der Waals surface area contributed by atoms with Gasteiger partial charge in [-0.15, -0.1) is 23.1 Å². The second kappa shape index (κ2) is 12.1. The van der Waals surface area contributed by atoms with Gasteiger partial charge in [0.1, 0.15) is 5.60 Å². The fourth-order valence-corrected chi connectivity index (χ4v) is 11.4. The Morgan fingerprint density at radius 3 is 2.36 bits per heavy atom. The van der Waals surface area contributed by atoms with Gasteiger partial charge in [0.25, 0.3) is 0 Å². The number of thiophene rings is 1. The first-order chi connectivity index (χ1) is 19.7. The highest BCUT2D eigenvalue weighted by Crippen LogP contribution is 2.72. The van der Waals surface area contributed by atoms with Crippen molar-refractivity contribution in [2.75, 3.05) is 5.75 Å². The molecular weight excluding hydrogens is 587 g/mol. The van der Waals surface area contributed by atoms with Gasteiger partial charge in [-0.25, -0.2) is 0 Å². The van der Waals surface area contributed by atoms with Crippen LogP contribution in [-0.4, -0.2) is 34.3 Å². The number of unbranched alkanes of at least 4 members (excludes halogenated alkanes) is 5. The van der Waals surface area contributed by atoms with E-state index in [1.54, 1.807) is 11.3 Å². The number of halogens is 5. The number of allylic oxidation sites excluding steroid dienone is 1. The van der Waals surface area contributed by atoms with Crippen LogP contribution in [0.15, 0.2) is 33.4 Å². The normalized spacial score (nSPS) is 36.8. The molecule has 3 saturated carbocycles. The van der Waals surface area contributed by atoms with E-state index in [0.29, 0.717) is 25.7 Å². The lowest BCUT2D eigenvalue weighted by Crippen LogP contribution is -2.66. The number of rotatable bonds is 11. The Morgan fingerprint density at radius 1 is 0.976 bits per heavy atom. The summed E-state index contributed by atoms with van der Waals surface area (Å²) in [5, 5.41) is 13.4. The SMILES string of the molecule is C[C@]12CCC(=O)C=C1C[C@@H](CCCCCCCCSc1cccs1)[C@@H]1[C@@H]2CC[C@@]2(C)[C@H]1CC[C@@]2(O)C(F)(F)C(F)(F)F. The van der Waals surface area contributed by atoms with Crippen LogP contribution in [-0.2, 0) is 4.79 Å². The molecule has 7 atom stereocenters. The van der Waals surface area contributed by atoms with Gasteiger partial charge >= 0.3 is 12.1 Å². The topological polar surface area (TPSA) is 37.3 Å². The predicted molar refractivity (Wildman–Crippen MR) is 159 cm³/mol. The summed E-state index contributed by atoms with van der Waals surface area (Å²) in [5.41, 5.74) is -3.68. The van der Waals surface area contributed by atoms with E-state index in [-0.39, 0.29) is 41.8 Å². The van der Waals surface area contributed by atoms with E-state index in [2.05, 4.69) is 24.4 Å². The summed E-state index contributed by atoms with van der Waals surface area (Å²) >= 11 is 3.68. The minimum absolute atomic E-state index is 0.0218. The first-order valence-corrected chi connectivity index (χ1v) is 17.7. The average molecular weight is 633 g/mol. The molecule has 3 fully saturated rings. The van der Waals surface area contributed by atoms with Crippen molar-refractivity contribution in [2.45, 2.75) is 126 Å². The highest BCUT2D eigenvalue weighted by atomic mass is 32.2. The third-order valence-electron chi connectivity index (χ3n) is 11.9. The monoisotopic (exact) mass is 632 g/mol. The molecule has 9 heteroatoms. The summed E-state index contributed by atoms with van der Waals surface area (Å²) in [6.45, 7) is 3.69. The van der Waals surface area contributed by atoms with Gasteiger partial charge in [-0.05, 0) is 104 Å². The van der Waals surface area contributed by atoms with Crippen molar-refractivity contribution in [1.82, 2.24) is 0 Å². The first-order valence-electron chi connectivity index (χ1n) is 15.8. The number of fused-ring (bicyclic) bond motifs is 5. The standard InChI is InChI=1S/C33H45F5O2S2/c1-29-15-12-24(39)21-23(29)20-22(10-7-5-3-4-6-8-18-41-27-11-9-19-42-27)28-25(29)13-16-30(2)26(28)14-17-31(30,40)32(34,35)33(36,37)38/h9,11,19,21-22,25-26,28,40H,3-8,10,12-18,20H2,1-2H3/t22-,25+,26+,28-,29+,30+,31+/m1/s1. The van der Waals surface area contributed by atoms with Gasteiger partial charge < -0.3 is 5.11 Å². The lowest BCUT2D eigenvalue weighted by molar-refractivity contribution is -0.364. The number of aliphatic hydroxyl groups is 1. The second-order valence-electron chi connectivity index (χ2n) is 13.9. The molecule has 0 aromatic carbocycles. The first kappa shape index (κ1) is 32.5. The fourth-order valence-electron chi connectivity index (χ4n) is 9.50. The zero-order chi connectivity index (χ0) is 30.4. The molecule has 5 rings (SSSR count). The zero-order valence-corrected chi connectivity index (χ0v) is 26.4. The van der Waals surface area contributed by atoms with Gasteiger partial charge in [0.2, 0.25) is 0 Å². The number of alkyl halides is 5. The lowest BCUT2D eigenvalue weighted by atomic mass is 9.43. The van der Waals surface area contributed by atoms with Gasteiger partial charge in [-0.3, -0.25) is 4.79 Å².